The molecule has 5 nitrogen and oxygen atoms in total. The molecule has 1 heterocycles. The van der Waals surface area contributed by atoms with Crippen LogP contribution in [0.15, 0.2) is 60.8 Å². The van der Waals surface area contributed by atoms with Gasteiger partial charge in [0.1, 0.15) is 0 Å². The first-order valence-corrected chi connectivity index (χ1v) is 6.88. The Morgan fingerprint density at radius 3 is 2.64 bits per heavy atom. The molecule has 1 unspecified atom stereocenters. The van der Waals surface area contributed by atoms with E-state index in [9.17, 15) is 14.4 Å². The number of esters is 1. The maximum atomic E-state index is 12.2. The Morgan fingerprint density at radius 2 is 2.09 bits per heavy atom. The molecular weight excluding hydrogens is 282 g/mol. The highest BCUT2D eigenvalue weighted by Gasteiger charge is 2.50. The first kappa shape index (κ1) is 15.7. The van der Waals surface area contributed by atoms with Crippen LogP contribution in [0.2, 0.25) is 0 Å². The second kappa shape index (κ2) is 5.97. The molecule has 5 heteroatoms. The van der Waals surface area contributed by atoms with Crippen LogP contribution in [0.4, 0.5) is 0 Å². The van der Waals surface area contributed by atoms with Gasteiger partial charge >= 0.3 is 5.97 Å². The van der Waals surface area contributed by atoms with E-state index in [0.717, 1.165) is 29.0 Å². The van der Waals surface area contributed by atoms with Gasteiger partial charge in [-0.25, -0.2) is 9.69 Å². The molecular formula is C17H17NO4. The number of carbonyl (C=O) groups is 3. The van der Waals surface area contributed by atoms with Crippen LogP contribution in [0.25, 0.3) is 0 Å². The lowest BCUT2D eigenvalue weighted by Gasteiger charge is -2.35. The third kappa shape index (κ3) is 2.57. The smallest absolute Gasteiger partial charge is 0.332 e. The molecule has 114 valence electrons. The second-order valence-electron chi connectivity index (χ2n) is 5.04. The summed E-state index contributed by atoms with van der Waals surface area (Å²) >= 11 is 0. The molecule has 0 aromatic rings. The number of imide groups is 1. The highest BCUT2D eigenvalue weighted by Crippen LogP contribution is 2.39. The minimum absolute atomic E-state index is 0.507. The van der Waals surface area contributed by atoms with E-state index in [1.807, 2.05) is 18.2 Å². The van der Waals surface area contributed by atoms with Crippen LogP contribution in [0.1, 0.15) is 19.8 Å². The average molecular weight is 299 g/mol. The molecule has 1 aliphatic carbocycles. The van der Waals surface area contributed by atoms with E-state index in [0.29, 0.717) is 12.0 Å². The molecule has 0 fully saturated rings. The molecule has 0 radical (unpaired) electrons. The standard InChI is InChI=1S/C17H17NO4/c1-4-14(19)18-15(20)11-13(12-9-7-6-8-10-12)17(18,3)22-16(21)5-2/h4-7,9,11H,1-2,8,10H2,3H3. The van der Waals surface area contributed by atoms with E-state index >= 15 is 0 Å². The SMILES string of the molecule is C=CC(=O)OC1(C)C(C2=CC=CCC2)=CC(=O)N1C(=O)C=C. The van der Waals surface area contributed by atoms with Gasteiger partial charge in [0.15, 0.2) is 0 Å². The van der Waals surface area contributed by atoms with Crippen LogP contribution in [0.3, 0.4) is 0 Å². The van der Waals surface area contributed by atoms with E-state index in [1.165, 1.54) is 13.0 Å². The zero-order valence-corrected chi connectivity index (χ0v) is 12.4. The fraction of sp³-hybridized carbons (Fsp3) is 0.235. The first-order valence-electron chi connectivity index (χ1n) is 6.88. The fourth-order valence-electron chi connectivity index (χ4n) is 2.62. The molecule has 0 N–H and O–H groups in total. The van der Waals surface area contributed by atoms with Gasteiger partial charge in [-0.05, 0) is 24.5 Å². The molecule has 2 amide bonds. The number of nitrogens with zero attached hydrogens (tertiary/aromatic N) is 1. The van der Waals surface area contributed by atoms with Gasteiger partial charge in [0, 0.05) is 24.6 Å². The Bertz CT molecular complexity index is 654. The van der Waals surface area contributed by atoms with E-state index in [1.54, 1.807) is 0 Å². The summed E-state index contributed by atoms with van der Waals surface area (Å²) in [5.74, 6) is -1.87. The molecule has 2 aliphatic rings. The fourth-order valence-corrected chi connectivity index (χ4v) is 2.62. The topological polar surface area (TPSA) is 63.7 Å². The van der Waals surface area contributed by atoms with Crippen molar-refractivity contribution in [2.75, 3.05) is 0 Å². The van der Waals surface area contributed by atoms with Crippen molar-refractivity contribution in [1.29, 1.82) is 0 Å². The van der Waals surface area contributed by atoms with E-state index in [-0.39, 0.29) is 0 Å². The summed E-state index contributed by atoms with van der Waals surface area (Å²) in [6, 6.07) is 0. The lowest BCUT2D eigenvalue weighted by molar-refractivity contribution is -0.172. The zero-order chi connectivity index (χ0) is 16.3. The van der Waals surface area contributed by atoms with Gasteiger partial charge in [-0.1, -0.05) is 31.4 Å². The van der Waals surface area contributed by atoms with Crippen LogP contribution < -0.4 is 0 Å². The number of allylic oxidation sites excluding steroid dienone is 3. The van der Waals surface area contributed by atoms with Crippen LogP contribution in [0.5, 0.6) is 0 Å². The van der Waals surface area contributed by atoms with Crippen molar-refractivity contribution in [3.8, 4) is 0 Å². The average Bonchev–Trinajstić information content (AvgIpc) is 2.78. The molecule has 2 rings (SSSR count). The Labute approximate surface area is 128 Å². The molecule has 1 aliphatic heterocycles. The van der Waals surface area contributed by atoms with Crippen molar-refractivity contribution in [3.05, 3.63) is 60.8 Å². The van der Waals surface area contributed by atoms with Gasteiger partial charge in [-0.2, -0.15) is 0 Å². The molecule has 1 atom stereocenters. The summed E-state index contributed by atoms with van der Waals surface area (Å²) in [5, 5.41) is 0. The van der Waals surface area contributed by atoms with Crippen LogP contribution >= 0.6 is 0 Å². The van der Waals surface area contributed by atoms with Gasteiger partial charge < -0.3 is 4.74 Å². The Balaban J connectivity index is 2.50. The number of hydrogen-bond acceptors (Lipinski definition) is 4. The summed E-state index contributed by atoms with van der Waals surface area (Å²) in [4.78, 5) is 36.9. The van der Waals surface area contributed by atoms with Crippen molar-refractivity contribution in [2.45, 2.75) is 25.5 Å². The van der Waals surface area contributed by atoms with Crippen LogP contribution in [-0.4, -0.2) is 28.4 Å². The lowest BCUT2D eigenvalue weighted by atomic mass is 9.91. The van der Waals surface area contributed by atoms with Crippen molar-refractivity contribution in [2.24, 2.45) is 0 Å². The maximum absolute atomic E-state index is 12.2. The highest BCUT2D eigenvalue weighted by molar-refractivity contribution is 6.09. The Hall–Kier alpha value is -2.69. The van der Waals surface area contributed by atoms with E-state index in [2.05, 4.69) is 13.2 Å². The van der Waals surface area contributed by atoms with Crippen molar-refractivity contribution in [1.82, 2.24) is 4.90 Å². The van der Waals surface area contributed by atoms with Crippen LogP contribution in [0, 0.1) is 0 Å². The second-order valence-corrected chi connectivity index (χ2v) is 5.04. The first-order chi connectivity index (χ1) is 10.4. The number of rotatable bonds is 4. The molecule has 22 heavy (non-hydrogen) atoms. The van der Waals surface area contributed by atoms with E-state index < -0.39 is 23.5 Å². The normalized spacial score (nSPS) is 23.7. The number of ether oxygens (including phenoxy) is 1. The number of hydrogen-bond donors (Lipinski definition) is 0. The summed E-state index contributed by atoms with van der Waals surface area (Å²) in [7, 11) is 0. The third-order valence-corrected chi connectivity index (χ3v) is 3.64. The van der Waals surface area contributed by atoms with Crippen molar-refractivity contribution < 1.29 is 19.1 Å². The summed E-state index contributed by atoms with van der Waals surface area (Å²) in [6.07, 6.45) is 10.6. The minimum Gasteiger partial charge on any atom is -0.431 e. The van der Waals surface area contributed by atoms with Gasteiger partial charge in [0.25, 0.3) is 11.8 Å². The highest BCUT2D eigenvalue weighted by atomic mass is 16.6. The molecule has 0 aromatic carbocycles. The zero-order valence-electron chi connectivity index (χ0n) is 12.4. The van der Waals surface area contributed by atoms with Gasteiger partial charge in [0.05, 0.1) is 0 Å². The molecule has 0 spiro atoms. The van der Waals surface area contributed by atoms with Crippen LogP contribution in [-0.2, 0) is 19.1 Å². The maximum Gasteiger partial charge on any atom is 0.332 e. The predicted molar refractivity (Wildman–Crippen MR) is 81.3 cm³/mol. The van der Waals surface area contributed by atoms with Gasteiger partial charge in [0.2, 0.25) is 5.72 Å². The van der Waals surface area contributed by atoms with Crippen molar-refractivity contribution >= 4 is 17.8 Å². The monoisotopic (exact) mass is 299 g/mol. The number of carbonyl (C=O) groups excluding carboxylic acids is 3. The summed E-state index contributed by atoms with van der Waals surface area (Å²) in [5.41, 5.74) is -0.133. The van der Waals surface area contributed by atoms with Gasteiger partial charge in [-0.15, -0.1) is 0 Å². The quantitative estimate of drug-likeness (QED) is 0.589. The largest absolute Gasteiger partial charge is 0.431 e. The number of amides is 2. The summed E-state index contributed by atoms with van der Waals surface area (Å²) < 4.78 is 5.37. The molecule has 0 saturated carbocycles. The van der Waals surface area contributed by atoms with Crippen molar-refractivity contribution in [3.63, 3.8) is 0 Å². The molecule has 0 bridgehead atoms. The molecule has 0 aromatic heterocycles. The lowest BCUT2D eigenvalue weighted by Crippen LogP contribution is -2.51. The minimum atomic E-state index is -1.50. The third-order valence-electron chi connectivity index (χ3n) is 3.64. The Morgan fingerprint density at radius 1 is 1.36 bits per heavy atom. The van der Waals surface area contributed by atoms with Gasteiger partial charge in [-0.3, -0.25) is 9.59 Å². The molecule has 0 saturated heterocycles. The Kier molecular flexibility index (Phi) is 4.26. The summed E-state index contributed by atoms with van der Waals surface area (Å²) in [6.45, 7) is 8.26. The predicted octanol–water partition coefficient (Wildman–Crippen LogP) is 2.19. The van der Waals surface area contributed by atoms with E-state index in [4.69, 9.17) is 4.74 Å².